The van der Waals surface area contributed by atoms with Gasteiger partial charge in [-0.3, -0.25) is 9.59 Å². The topological polar surface area (TPSA) is 106 Å². The highest BCUT2D eigenvalue weighted by molar-refractivity contribution is 6.08. The molecule has 0 aromatic heterocycles. The summed E-state index contributed by atoms with van der Waals surface area (Å²) in [4.78, 5) is 29.9. The second-order valence-electron chi connectivity index (χ2n) is 6.68. The number of amides is 1. The van der Waals surface area contributed by atoms with E-state index in [0.717, 1.165) is 5.56 Å². The molecular weight excluding hydrogens is 388 g/mol. The highest BCUT2D eigenvalue weighted by Gasteiger charge is 2.48. The number of carboxylic acids is 1. The number of hydrogen-bond donors (Lipinski definition) is 2. The number of aliphatic carboxylic acids is 1. The largest absolute Gasteiger partial charge is 0.497 e. The van der Waals surface area contributed by atoms with Crippen LogP contribution in [0.15, 0.2) is 59.8 Å². The van der Waals surface area contributed by atoms with Gasteiger partial charge in [0.15, 0.2) is 0 Å². The molecule has 0 aliphatic carbocycles. The molecule has 1 atom stereocenters. The molecule has 2 aromatic rings. The lowest BCUT2D eigenvalue weighted by atomic mass is 9.92. The summed E-state index contributed by atoms with van der Waals surface area (Å²) in [7, 11) is 2.96. The summed E-state index contributed by atoms with van der Waals surface area (Å²) >= 11 is 0. The quantitative estimate of drug-likeness (QED) is 0.691. The van der Waals surface area contributed by atoms with Crippen molar-refractivity contribution in [3.05, 3.63) is 60.2 Å². The molecule has 0 spiro atoms. The van der Waals surface area contributed by atoms with Gasteiger partial charge in [-0.2, -0.15) is 0 Å². The number of hydrogen-bond acceptors (Lipinski definition) is 6. The third kappa shape index (κ3) is 4.78. The van der Waals surface area contributed by atoms with E-state index >= 15 is 0 Å². The zero-order chi connectivity index (χ0) is 21.6. The van der Waals surface area contributed by atoms with Crippen LogP contribution in [0.25, 0.3) is 6.08 Å². The molecule has 156 valence electrons. The van der Waals surface area contributed by atoms with Crippen molar-refractivity contribution in [3.8, 4) is 11.5 Å². The van der Waals surface area contributed by atoms with Gasteiger partial charge in [0.2, 0.25) is 5.60 Å². The Morgan fingerprint density at radius 2 is 1.93 bits per heavy atom. The van der Waals surface area contributed by atoms with Gasteiger partial charge in [-0.1, -0.05) is 41.6 Å². The number of carboxylic acid groups (broad SMARTS) is 1. The van der Waals surface area contributed by atoms with Crippen LogP contribution in [0.4, 0.5) is 5.69 Å². The number of ether oxygens (including phenoxy) is 2. The third-order valence-electron chi connectivity index (χ3n) is 4.58. The summed E-state index contributed by atoms with van der Waals surface area (Å²) in [5.41, 5.74) is 0.0777. The number of carbonyl (C=O) groups is 2. The second-order valence-corrected chi connectivity index (χ2v) is 6.68. The van der Waals surface area contributed by atoms with E-state index < -0.39 is 23.9 Å². The minimum absolute atomic E-state index is 0.0146. The number of allylic oxidation sites excluding steroid dienone is 1. The minimum Gasteiger partial charge on any atom is -0.497 e. The molecule has 0 saturated carbocycles. The molecule has 0 saturated heterocycles. The van der Waals surface area contributed by atoms with Crippen LogP contribution in [-0.4, -0.2) is 42.5 Å². The molecule has 8 nitrogen and oxygen atoms in total. The van der Waals surface area contributed by atoms with Crippen LogP contribution < -0.4 is 14.8 Å². The molecule has 0 bridgehead atoms. The van der Waals surface area contributed by atoms with Crippen LogP contribution in [0.1, 0.15) is 18.4 Å². The molecule has 1 amide bonds. The molecule has 0 unspecified atom stereocenters. The first-order chi connectivity index (χ1) is 14.5. The van der Waals surface area contributed by atoms with E-state index in [1.54, 1.807) is 24.3 Å². The van der Waals surface area contributed by atoms with Gasteiger partial charge >= 0.3 is 5.97 Å². The van der Waals surface area contributed by atoms with E-state index in [0.29, 0.717) is 22.9 Å². The average Bonchev–Trinajstić information content (AvgIpc) is 3.16. The summed E-state index contributed by atoms with van der Waals surface area (Å²) in [5.74, 6) is -0.902. The Morgan fingerprint density at radius 3 is 2.60 bits per heavy atom. The zero-order valence-corrected chi connectivity index (χ0v) is 16.6. The van der Waals surface area contributed by atoms with Gasteiger partial charge in [0.25, 0.3) is 5.91 Å². The maximum Gasteiger partial charge on any atom is 0.308 e. The smallest absolute Gasteiger partial charge is 0.308 e. The number of nitrogens with one attached hydrogen (secondary N) is 1. The van der Waals surface area contributed by atoms with E-state index in [2.05, 4.69) is 10.5 Å². The summed E-state index contributed by atoms with van der Waals surface area (Å²) in [6.07, 6.45) is 3.00. The lowest BCUT2D eigenvalue weighted by molar-refractivity contribution is -0.152. The van der Waals surface area contributed by atoms with Crippen LogP contribution in [0.2, 0.25) is 0 Å². The highest BCUT2D eigenvalue weighted by Crippen LogP contribution is 2.34. The van der Waals surface area contributed by atoms with E-state index in [-0.39, 0.29) is 6.42 Å². The first-order valence-electron chi connectivity index (χ1n) is 9.19. The Bertz CT molecular complexity index is 986. The SMILES string of the molecule is COc1ccc(OC)c(NC(=O)[C@]2(CC(=O)O)CC(/C=C/c3ccccc3)=NO2)c1. The summed E-state index contributed by atoms with van der Waals surface area (Å²) in [6.45, 7) is 0. The molecular formula is C22H22N2O6. The lowest BCUT2D eigenvalue weighted by Gasteiger charge is -2.24. The molecule has 8 heteroatoms. The molecule has 3 rings (SSSR count). The van der Waals surface area contributed by atoms with Crippen LogP contribution in [0.3, 0.4) is 0 Å². The molecule has 1 aliphatic heterocycles. The number of nitrogens with zero attached hydrogens (tertiary/aromatic N) is 1. The lowest BCUT2D eigenvalue weighted by Crippen LogP contribution is -2.45. The monoisotopic (exact) mass is 410 g/mol. The predicted octanol–water partition coefficient (Wildman–Crippen LogP) is 3.35. The van der Waals surface area contributed by atoms with Gasteiger partial charge in [0, 0.05) is 12.5 Å². The number of rotatable bonds is 8. The fourth-order valence-electron chi connectivity index (χ4n) is 3.04. The van der Waals surface area contributed by atoms with Crippen molar-refractivity contribution < 1.29 is 29.0 Å². The predicted molar refractivity (Wildman–Crippen MR) is 112 cm³/mol. The van der Waals surface area contributed by atoms with E-state index in [9.17, 15) is 14.7 Å². The summed E-state index contributed by atoms with van der Waals surface area (Å²) < 4.78 is 10.4. The highest BCUT2D eigenvalue weighted by atomic mass is 16.7. The Balaban J connectivity index is 1.80. The fraction of sp³-hybridized carbons (Fsp3) is 0.227. The summed E-state index contributed by atoms with van der Waals surface area (Å²) in [5, 5.41) is 16.0. The molecule has 0 fully saturated rings. The molecule has 2 aromatic carbocycles. The Hall–Kier alpha value is -3.81. The number of oxime groups is 1. The van der Waals surface area contributed by atoms with Crippen LogP contribution in [-0.2, 0) is 14.4 Å². The molecule has 0 radical (unpaired) electrons. The van der Waals surface area contributed by atoms with Crippen molar-refractivity contribution in [1.82, 2.24) is 0 Å². The number of anilines is 1. The molecule has 2 N–H and O–H groups in total. The van der Waals surface area contributed by atoms with Crippen LogP contribution in [0.5, 0.6) is 11.5 Å². The van der Waals surface area contributed by atoms with Gasteiger partial charge in [0.05, 0.1) is 32.0 Å². The first-order valence-corrected chi connectivity index (χ1v) is 9.19. The van der Waals surface area contributed by atoms with E-state index in [1.165, 1.54) is 14.2 Å². The van der Waals surface area contributed by atoms with Crippen molar-refractivity contribution in [2.75, 3.05) is 19.5 Å². The van der Waals surface area contributed by atoms with Crippen molar-refractivity contribution in [3.63, 3.8) is 0 Å². The minimum atomic E-state index is -1.67. The van der Waals surface area contributed by atoms with Crippen molar-refractivity contribution in [2.24, 2.45) is 5.16 Å². The van der Waals surface area contributed by atoms with Gasteiger partial charge in [-0.05, 0) is 23.8 Å². The second kappa shape index (κ2) is 9.13. The fourth-order valence-corrected chi connectivity index (χ4v) is 3.04. The summed E-state index contributed by atoms with van der Waals surface area (Å²) in [6, 6.07) is 14.4. The standard InChI is InChI=1S/C22H22N2O6/c1-28-17-10-11-19(29-2)18(12-17)23-21(27)22(14-20(25)26)13-16(24-30-22)9-8-15-6-4-3-5-7-15/h3-12H,13-14H2,1-2H3,(H,23,27)(H,25,26)/b9-8+/t22-/m1/s1. The maximum absolute atomic E-state index is 13.1. The zero-order valence-electron chi connectivity index (χ0n) is 16.6. The van der Waals surface area contributed by atoms with Crippen molar-refractivity contribution in [2.45, 2.75) is 18.4 Å². The Labute approximate surface area is 173 Å². The first kappa shape index (κ1) is 20.9. The van der Waals surface area contributed by atoms with Crippen molar-refractivity contribution >= 4 is 29.4 Å². The molecule has 30 heavy (non-hydrogen) atoms. The van der Waals surface area contributed by atoms with Gasteiger partial charge in [-0.15, -0.1) is 0 Å². The number of carbonyl (C=O) groups excluding carboxylic acids is 1. The Morgan fingerprint density at radius 1 is 1.17 bits per heavy atom. The van der Waals surface area contributed by atoms with Crippen molar-refractivity contribution in [1.29, 1.82) is 0 Å². The van der Waals surface area contributed by atoms with E-state index in [4.69, 9.17) is 14.3 Å². The number of methoxy groups -OCH3 is 2. The average molecular weight is 410 g/mol. The van der Waals surface area contributed by atoms with Crippen LogP contribution >= 0.6 is 0 Å². The van der Waals surface area contributed by atoms with E-state index in [1.807, 2.05) is 36.4 Å². The van der Waals surface area contributed by atoms with Gasteiger partial charge < -0.3 is 24.7 Å². The normalized spacial score (nSPS) is 17.9. The van der Waals surface area contributed by atoms with Crippen LogP contribution in [0, 0.1) is 0 Å². The third-order valence-corrected chi connectivity index (χ3v) is 4.58. The van der Waals surface area contributed by atoms with Gasteiger partial charge in [-0.25, -0.2) is 0 Å². The number of benzene rings is 2. The molecule has 1 aliphatic rings. The Kier molecular flexibility index (Phi) is 6.36. The maximum atomic E-state index is 13.1. The van der Waals surface area contributed by atoms with Gasteiger partial charge in [0.1, 0.15) is 11.5 Å². The molecule has 1 heterocycles.